The summed E-state index contributed by atoms with van der Waals surface area (Å²) in [5.41, 5.74) is 3.72. The summed E-state index contributed by atoms with van der Waals surface area (Å²) in [6, 6.07) is 16.7. The number of hydrogen-bond donors (Lipinski definition) is 3. The minimum absolute atomic E-state index is 0.119. The number of halogens is 1. The second-order valence-corrected chi connectivity index (χ2v) is 8.26. The van der Waals surface area contributed by atoms with Gasteiger partial charge in [0.05, 0.1) is 12.6 Å². The van der Waals surface area contributed by atoms with Crippen LogP contribution in [0.5, 0.6) is 0 Å². The van der Waals surface area contributed by atoms with Gasteiger partial charge in [0.15, 0.2) is 5.96 Å². The Morgan fingerprint density at radius 1 is 1.07 bits per heavy atom. The zero-order valence-corrected chi connectivity index (χ0v) is 18.5. The second-order valence-electron chi connectivity index (χ2n) is 7.83. The van der Waals surface area contributed by atoms with Gasteiger partial charge in [0, 0.05) is 37.7 Å². The van der Waals surface area contributed by atoms with E-state index in [0.717, 1.165) is 63.0 Å². The maximum atomic E-state index is 9.64. The number of nitrogens with zero attached hydrogens (tertiary/aromatic N) is 2. The van der Waals surface area contributed by atoms with Gasteiger partial charge in [-0.25, -0.2) is 4.99 Å². The van der Waals surface area contributed by atoms with Gasteiger partial charge in [-0.2, -0.15) is 0 Å². The monoisotopic (exact) mass is 428 g/mol. The van der Waals surface area contributed by atoms with Gasteiger partial charge in [-0.1, -0.05) is 48.0 Å². The number of guanidine groups is 1. The van der Waals surface area contributed by atoms with Gasteiger partial charge >= 0.3 is 0 Å². The third kappa shape index (κ3) is 7.63. The van der Waals surface area contributed by atoms with Gasteiger partial charge in [0.1, 0.15) is 0 Å². The van der Waals surface area contributed by atoms with Crippen LogP contribution in [0, 0.1) is 0 Å². The second kappa shape index (κ2) is 11.9. The van der Waals surface area contributed by atoms with Gasteiger partial charge in [0.2, 0.25) is 0 Å². The summed E-state index contributed by atoms with van der Waals surface area (Å²) < 4.78 is 0. The molecule has 0 unspecified atom stereocenters. The van der Waals surface area contributed by atoms with Crippen molar-refractivity contribution < 1.29 is 5.11 Å². The van der Waals surface area contributed by atoms with Crippen LogP contribution in [0.2, 0.25) is 5.02 Å². The normalized spacial score (nSPS) is 15.9. The molecular formula is C24H33ClN4O. The molecule has 1 aliphatic heterocycles. The molecule has 0 bridgehead atoms. The first-order valence-electron chi connectivity index (χ1n) is 10.9. The maximum absolute atomic E-state index is 9.64. The molecule has 2 aromatic carbocycles. The fourth-order valence-electron chi connectivity index (χ4n) is 3.62. The van der Waals surface area contributed by atoms with Crippen molar-refractivity contribution in [2.45, 2.75) is 45.4 Å². The molecule has 1 fully saturated rings. The lowest BCUT2D eigenvalue weighted by molar-refractivity contribution is 0.0792. The lowest BCUT2D eigenvalue weighted by Crippen LogP contribution is -2.38. The average Bonchev–Trinajstić information content (AvgIpc) is 2.75. The number of benzene rings is 2. The summed E-state index contributed by atoms with van der Waals surface area (Å²) >= 11 is 6.06. The number of rotatable bonds is 8. The molecule has 0 amide bonds. The molecule has 162 valence electrons. The van der Waals surface area contributed by atoms with Gasteiger partial charge < -0.3 is 15.7 Å². The fraction of sp³-hybridized carbons (Fsp3) is 0.458. The lowest BCUT2D eigenvalue weighted by Gasteiger charge is -2.29. The first-order chi connectivity index (χ1) is 14.6. The first-order valence-corrected chi connectivity index (χ1v) is 11.2. The highest BCUT2D eigenvalue weighted by molar-refractivity contribution is 6.30. The van der Waals surface area contributed by atoms with Crippen molar-refractivity contribution in [3.63, 3.8) is 0 Å². The third-order valence-corrected chi connectivity index (χ3v) is 5.58. The molecule has 1 heterocycles. The average molecular weight is 429 g/mol. The molecule has 30 heavy (non-hydrogen) atoms. The highest BCUT2D eigenvalue weighted by Crippen LogP contribution is 2.14. The smallest absolute Gasteiger partial charge is 0.191 e. The van der Waals surface area contributed by atoms with Crippen LogP contribution in [-0.4, -0.2) is 48.2 Å². The zero-order chi connectivity index (χ0) is 21.2. The molecule has 0 radical (unpaired) electrons. The Morgan fingerprint density at radius 3 is 2.50 bits per heavy atom. The minimum Gasteiger partial charge on any atom is -0.393 e. The molecule has 0 saturated carbocycles. The summed E-state index contributed by atoms with van der Waals surface area (Å²) in [4.78, 5) is 7.13. The Balaban J connectivity index is 1.47. The fourth-order valence-corrected chi connectivity index (χ4v) is 3.83. The van der Waals surface area contributed by atoms with E-state index < -0.39 is 0 Å². The number of aliphatic hydroxyl groups excluding tert-OH is 1. The molecule has 0 aromatic heterocycles. The predicted octanol–water partition coefficient (Wildman–Crippen LogP) is 3.59. The standard InChI is InChI=1S/C24H33ClN4O/c1-2-26-24(27-13-10-19-4-3-5-22(25)16-19)28-17-20-6-8-21(9-7-20)18-29-14-11-23(30)12-15-29/h3-9,16,23,30H,2,10-15,17-18H2,1H3,(H2,26,27,28). The van der Waals surface area contributed by atoms with Gasteiger partial charge in [-0.05, 0) is 55.0 Å². The van der Waals surface area contributed by atoms with Gasteiger partial charge in [-0.3, -0.25) is 4.90 Å². The topological polar surface area (TPSA) is 59.9 Å². The highest BCUT2D eigenvalue weighted by Gasteiger charge is 2.16. The molecule has 0 aliphatic carbocycles. The van der Waals surface area contributed by atoms with E-state index in [4.69, 9.17) is 16.6 Å². The van der Waals surface area contributed by atoms with Crippen molar-refractivity contribution in [3.8, 4) is 0 Å². The summed E-state index contributed by atoms with van der Waals surface area (Å²) in [6.45, 7) is 7.23. The molecule has 6 heteroatoms. The molecule has 3 N–H and O–H groups in total. The summed E-state index contributed by atoms with van der Waals surface area (Å²) in [6.07, 6.45) is 2.54. The van der Waals surface area contributed by atoms with Crippen LogP contribution in [0.1, 0.15) is 36.5 Å². The maximum Gasteiger partial charge on any atom is 0.191 e. The number of nitrogens with one attached hydrogen (secondary N) is 2. The molecule has 0 spiro atoms. The van der Waals surface area contributed by atoms with Crippen LogP contribution in [0.4, 0.5) is 0 Å². The van der Waals surface area contributed by atoms with Crippen molar-refractivity contribution in [3.05, 3.63) is 70.2 Å². The Bertz CT molecular complexity index is 801. The molecule has 5 nitrogen and oxygen atoms in total. The van der Waals surface area contributed by atoms with Crippen LogP contribution in [0.15, 0.2) is 53.5 Å². The Hall–Kier alpha value is -2.08. The SMILES string of the molecule is CCNC(=NCc1ccc(CN2CCC(O)CC2)cc1)NCCc1cccc(Cl)c1. The lowest BCUT2D eigenvalue weighted by atomic mass is 10.1. The number of likely N-dealkylation sites (tertiary alicyclic amines) is 1. The molecule has 2 aromatic rings. The van der Waals surface area contributed by atoms with E-state index in [1.807, 2.05) is 18.2 Å². The molecule has 1 aliphatic rings. The van der Waals surface area contributed by atoms with E-state index >= 15 is 0 Å². The van der Waals surface area contributed by atoms with Gasteiger partial charge in [0.25, 0.3) is 0 Å². The minimum atomic E-state index is -0.119. The first kappa shape index (κ1) is 22.6. The summed E-state index contributed by atoms with van der Waals surface area (Å²) in [5, 5.41) is 17.1. The van der Waals surface area contributed by atoms with E-state index in [-0.39, 0.29) is 6.10 Å². The van der Waals surface area contributed by atoms with Crippen LogP contribution in [0.3, 0.4) is 0 Å². The third-order valence-electron chi connectivity index (χ3n) is 5.35. The van der Waals surface area contributed by atoms with E-state index in [0.29, 0.717) is 6.54 Å². The van der Waals surface area contributed by atoms with Crippen molar-refractivity contribution in [2.75, 3.05) is 26.2 Å². The Labute approximate surface area is 185 Å². The zero-order valence-electron chi connectivity index (χ0n) is 17.8. The van der Waals surface area contributed by atoms with E-state index in [1.54, 1.807) is 0 Å². The van der Waals surface area contributed by atoms with Crippen molar-refractivity contribution in [2.24, 2.45) is 4.99 Å². The van der Waals surface area contributed by atoms with Crippen LogP contribution >= 0.6 is 11.6 Å². The number of hydrogen-bond acceptors (Lipinski definition) is 3. The molecule has 0 atom stereocenters. The molecule has 1 saturated heterocycles. The van der Waals surface area contributed by atoms with Crippen LogP contribution in [-0.2, 0) is 19.5 Å². The number of aliphatic imine (C=N–C) groups is 1. The van der Waals surface area contributed by atoms with Crippen LogP contribution < -0.4 is 10.6 Å². The summed E-state index contributed by atoms with van der Waals surface area (Å²) in [5.74, 6) is 0.829. The number of aliphatic hydroxyl groups is 1. The molecular weight excluding hydrogens is 396 g/mol. The van der Waals surface area contributed by atoms with Crippen molar-refractivity contribution in [1.29, 1.82) is 0 Å². The quantitative estimate of drug-likeness (QED) is 0.444. The van der Waals surface area contributed by atoms with Crippen LogP contribution in [0.25, 0.3) is 0 Å². The van der Waals surface area contributed by atoms with E-state index in [2.05, 4.69) is 52.8 Å². The van der Waals surface area contributed by atoms with Crippen molar-refractivity contribution >= 4 is 17.6 Å². The largest absolute Gasteiger partial charge is 0.393 e. The van der Waals surface area contributed by atoms with Gasteiger partial charge in [-0.15, -0.1) is 0 Å². The predicted molar refractivity (Wildman–Crippen MR) is 125 cm³/mol. The van der Waals surface area contributed by atoms with E-state index in [9.17, 15) is 5.11 Å². The van der Waals surface area contributed by atoms with E-state index in [1.165, 1.54) is 16.7 Å². The Morgan fingerprint density at radius 2 is 1.80 bits per heavy atom. The highest BCUT2D eigenvalue weighted by atomic mass is 35.5. The van der Waals surface area contributed by atoms with Crippen molar-refractivity contribution in [1.82, 2.24) is 15.5 Å². The number of piperidine rings is 1. The Kier molecular flexibility index (Phi) is 9.00. The molecule has 3 rings (SSSR count). The summed E-state index contributed by atoms with van der Waals surface area (Å²) in [7, 11) is 0.